The maximum absolute atomic E-state index is 12.3. The normalized spacial score (nSPS) is 10.7. The number of nitrogens with zero attached hydrogens (tertiary/aromatic N) is 4. The number of thioether (sulfide) groups is 1. The maximum atomic E-state index is 12.3. The van der Waals surface area contributed by atoms with E-state index in [1.807, 2.05) is 35.9 Å². The lowest BCUT2D eigenvalue weighted by atomic mass is 10.2. The number of hydrogen-bond donors (Lipinski definition) is 1. The Balaban J connectivity index is 1.66. The van der Waals surface area contributed by atoms with Gasteiger partial charge in [-0.3, -0.25) is 14.9 Å². The third kappa shape index (κ3) is 4.39. The Labute approximate surface area is 173 Å². The van der Waals surface area contributed by atoms with Crippen molar-refractivity contribution in [2.45, 2.75) is 12.1 Å². The second-order valence-corrected chi connectivity index (χ2v) is 7.74. The third-order valence-electron chi connectivity index (χ3n) is 3.98. The average Bonchev–Trinajstić information content (AvgIpc) is 3.02. The first-order valence-electron chi connectivity index (χ1n) is 8.19. The number of amides is 1. The fourth-order valence-electron chi connectivity index (χ4n) is 2.54. The molecule has 0 fully saturated rings. The number of benzene rings is 2. The Morgan fingerprint density at radius 3 is 2.71 bits per heavy atom. The number of anilines is 1. The van der Waals surface area contributed by atoms with Gasteiger partial charge in [0.25, 0.3) is 5.69 Å². The van der Waals surface area contributed by atoms with Gasteiger partial charge in [-0.1, -0.05) is 45.9 Å². The van der Waals surface area contributed by atoms with E-state index in [-0.39, 0.29) is 17.3 Å². The molecule has 0 saturated carbocycles. The maximum Gasteiger partial charge on any atom is 0.269 e. The zero-order chi connectivity index (χ0) is 20.3. The van der Waals surface area contributed by atoms with Crippen LogP contribution in [-0.4, -0.2) is 31.3 Å². The Kier molecular flexibility index (Phi) is 6.10. The summed E-state index contributed by atoms with van der Waals surface area (Å²) in [6, 6.07) is 12.0. The molecule has 0 aliphatic rings. The molecular formula is C18H16BrN5O3S. The highest BCUT2D eigenvalue weighted by atomic mass is 79.9. The van der Waals surface area contributed by atoms with Crippen LogP contribution in [0, 0.1) is 17.0 Å². The first-order chi connectivity index (χ1) is 13.4. The predicted octanol–water partition coefficient (Wildman–Crippen LogP) is 4.19. The van der Waals surface area contributed by atoms with Crippen LogP contribution in [0.25, 0.3) is 11.4 Å². The molecule has 10 heteroatoms. The molecule has 28 heavy (non-hydrogen) atoms. The summed E-state index contributed by atoms with van der Waals surface area (Å²) in [4.78, 5) is 22.6. The molecule has 1 N–H and O–H groups in total. The van der Waals surface area contributed by atoms with Crippen LogP contribution in [0.3, 0.4) is 0 Å². The van der Waals surface area contributed by atoms with E-state index in [9.17, 15) is 14.9 Å². The highest BCUT2D eigenvalue weighted by Crippen LogP contribution is 2.28. The van der Waals surface area contributed by atoms with Crippen molar-refractivity contribution in [2.75, 3.05) is 11.1 Å². The SMILES string of the molecule is Cc1cc([N+](=O)[O-])ccc1NC(=O)CSc1nnc(-c2ccccc2Br)n1C. The standard InChI is InChI=1S/C18H16BrN5O3S/c1-11-9-12(24(26)27)7-8-15(11)20-16(25)10-28-18-22-21-17(23(18)2)13-5-3-4-6-14(13)19/h3-9H,10H2,1-2H3,(H,20,25). The van der Waals surface area contributed by atoms with Crippen molar-refractivity contribution < 1.29 is 9.72 Å². The number of nitro benzene ring substituents is 1. The number of carbonyl (C=O) groups is 1. The number of aromatic nitrogens is 3. The summed E-state index contributed by atoms with van der Waals surface area (Å²) < 4.78 is 2.74. The van der Waals surface area contributed by atoms with Crippen molar-refractivity contribution in [2.24, 2.45) is 7.05 Å². The van der Waals surface area contributed by atoms with E-state index in [1.165, 1.54) is 30.0 Å². The van der Waals surface area contributed by atoms with E-state index < -0.39 is 4.92 Å². The van der Waals surface area contributed by atoms with Crippen LogP contribution in [0.2, 0.25) is 0 Å². The van der Waals surface area contributed by atoms with Gasteiger partial charge in [0.15, 0.2) is 11.0 Å². The molecule has 1 amide bonds. The minimum Gasteiger partial charge on any atom is -0.325 e. The number of rotatable bonds is 6. The van der Waals surface area contributed by atoms with Crippen molar-refractivity contribution >= 4 is 45.0 Å². The van der Waals surface area contributed by atoms with E-state index in [4.69, 9.17) is 0 Å². The van der Waals surface area contributed by atoms with Gasteiger partial charge in [0.05, 0.1) is 10.7 Å². The molecule has 144 valence electrons. The second-order valence-electron chi connectivity index (χ2n) is 5.94. The van der Waals surface area contributed by atoms with E-state index in [2.05, 4.69) is 31.4 Å². The topological polar surface area (TPSA) is 103 Å². The molecule has 2 aromatic carbocycles. The minimum absolute atomic E-state index is 0.0106. The molecule has 1 aromatic heterocycles. The first-order valence-corrected chi connectivity index (χ1v) is 9.96. The summed E-state index contributed by atoms with van der Waals surface area (Å²) in [6.07, 6.45) is 0. The van der Waals surface area contributed by atoms with Gasteiger partial charge in [0.2, 0.25) is 5.91 Å². The van der Waals surface area contributed by atoms with Gasteiger partial charge in [0.1, 0.15) is 0 Å². The van der Waals surface area contributed by atoms with Crippen LogP contribution in [0.5, 0.6) is 0 Å². The summed E-state index contributed by atoms with van der Waals surface area (Å²) in [6.45, 7) is 1.71. The molecule has 0 spiro atoms. The van der Waals surface area contributed by atoms with Gasteiger partial charge in [0, 0.05) is 34.9 Å². The van der Waals surface area contributed by atoms with Crippen molar-refractivity contribution in [3.05, 3.63) is 62.6 Å². The molecule has 0 saturated heterocycles. The van der Waals surface area contributed by atoms with E-state index in [1.54, 1.807) is 6.92 Å². The number of halogens is 1. The van der Waals surface area contributed by atoms with Gasteiger partial charge in [-0.25, -0.2) is 0 Å². The molecule has 0 atom stereocenters. The summed E-state index contributed by atoms with van der Waals surface area (Å²) in [5, 5.41) is 22.6. The Hall–Kier alpha value is -2.72. The fourth-order valence-corrected chi connectivity index (χ4v) is 3.71. The van der Waals surface area contributed by atoms with Gasteiger partial charge in [-0.15, -0.1) is 10.2 Å². The quantitative estimate of drug-likeness (QED) is 0.335. The molecule has 0 aliphatic carbocycles. The van der Waals surface area contributed by atoms with Crippen molar-refractivity contribution in [1.82, 2.24) is 14.8 Å². The fraction of sp³-hybridized carbons (Fsp3) is 0.167. The largest absolute Gasteiger partial charge is 0.325 e. The lowest BCUT2D eigenvalue weighted by molar-refractivity contribution is -0.384. The monoisotopic (exact) mass is 461 g/mol. The zero-order valence-electron chi connectivity index (χ0n) is 15.0. The highest BCUT2D eigenvalue weighted by molar-refractivity contribution is 9.10. The first kappa shape index (κ1) is 20.0. The number of nitro groups is 1. The van der Waals surface area contributed by atoms with Crippen LogP contribution in [0.1, 0.15) is 5.56 Å². The molecule has 0 radical (unpaired) electrons. The average molecular weight is 462 g/mol. The summed E-state index contributed by atoms with van der Waals surface area (Å²) in [5.74, 6) is 0.604. The van der Waals surface area contributed by atoms with Crippen molar-refractivity contribution in [3.8, 4) is 11.4 Å². The smallest absolute Gasteiger partial charge is 0.269 e. The van der Waals surface area contributed by atoms with Crippen molar-refractivity contribution in [3.63, 3.8) is 0 Å². The van der Waals surface area contributed by atoms with Crippen LogP contribution < -0.4 is 5.32 Å². The van der Waals surface area contributed by atoms with Gasteiger partial charge in [-0.05, 0) is 24.6 Å². The van der Waals surface area contributed by atoms with Crippen LogP contribution >= 0.6 is 27.7 Å². The van der Waals surface area contributed by atoms with Gasteiger partial charge in [-0.2, -0.15) is 0 Å². The number of hydrogen-bond acceptors (Lipinski definition) is 6. The molecule has 0 unspecified atom stereocenters. The molecule has 3 rings (SSSR count). The summed E-state index contributed by atoms with van der Waals surface area (Å²) in [7, 11) is 1.84. The predicted molar refractivity (Wildman–Crippen MR) is 111 cm³/mol. The van der Waals surface area contributed by atoms with Crippen LogP contribution in [-0.2, 0) is 11.8 Å². The molecule has 8 nitrogen and oxygen atoms in total. The number of non-ortho nitro benzene ring substituents is 1. The zero-order valence-corrected chi connectivity index (χ0v) is 17.5. The van der Waals surface area contributed by atoms with E-state index in [0.717, 1.165) is 10.0 Å². The van der Waals surface area contributed by atoms with Crippen LogP contribution in [0.4, 0.5) is 11.4 Å². The van der Waals surface area contributed by atoms with Gasteiger partial charge >= 0.3 is 0 Å². The van der Waals surface area contributed by atoms with E-state index >= 15 is 0 Å². The van der Waals surface area contributed by atoms with Crippen molar-refractivity contribution in [1.29, 1.82) is 0 Å². The Morgan fingerprint density at radius 1 is 1.29 bits per heavy atom. The highest BCUT2D eigenvalue weighted by Gasteiger charge is 2.15. The molecule has 3 aromatic rings. The molecule has 0 aliphatic heterocycles. The molecule has 1 heterocycles. The number of carbonyl (C=O) groups excluding carboxylic acids is 1. The third-order valence-corrected chi connectivity index (χ3v) is 5.69. The lowest BCUT2D eigenvalue weighted by Crippen LogP contribution is -2.15. The number of aryl methyl sites for hydroxylation is 1. The summed E-state index contributed by atoms with van der Waals surface area (Å²) >= 11 is 4.77. The van der Waals surface area contributed by atoms with E-state index in [0.29, 0.717) is 22.2 Å². The Morgan fingerprint density at radius 2 is 2.04 bits per heavy atom. The minimum atomic E-state index is -0.467. The number of nitrogens with one attached hydrogen (secondary N) is 1. The lowest BCUT2D eigenvalue weighted by Gasteiger charge is -2.08. The molecule has 0 bridgehead atoms. The summed E-state index contributed by atoms with van der Waals surface area (Å²) in [5.41, 5.74) is 2.07. The van der Waals surface area contributed by atoms with Gasteiger partial charge < -0.3 is 9.88 Å². The molecular weight excluding hydrogens is 446 g/mol. The van der Waals surface area contributed by atoms with Crippen LogP contribution in [0.15, 0.2) is 52.1 Å². The second kappa shape index (κ2) is 8.53. The Bertz CT molecular complexity index is 1050.